The van der Waals surface area contributed by atoms with E-state index in [4.69, 9.17) is 10.5 Å². The molecule has 26 heavy (non-hydrogen) atoms. The summed E-state index contributed by atoms with van der Waals surface area (Å²) in [7, 11) is -3.65. The van der Waals surface area contributed by atoms with Gasteiger partial charge in [-0.2, -0.15) is 0 Å². The van der Waals surface area contributed by atoms with Gasteiger partial charge in [-0.05, 0) is 36.2 Å². The molecule has 0 fully saturated rings. The minimum absolute atomic E-state index is 0.0778. The molecule has 0 saturated carbocycles. The fraction of sp³-hybridized carbons (Fsp3) is 0.278. The maximum atomic E-state index is 12.5. The molecule has 1 aliphatic heterocycles. The molecule has 138 valence electrons. The molecule has 1 heterocycles. The topological polar surface area (TPSA) is 111 Å². The van der Waals surface area contributed by atoms with Crippen LogP contribution in [0, 0.1) is 5.92 Å². The van der Waals surface area contributed by atoms with Crippen molar-refractivity contribution >= 4 is 21.6 Å². The van der Waals surface area contributed by atoms with E-state index in [9.17, 15) is 13.2 Å². The Balaban J connectivity index is 1.70. The lowest BCUT2D eigenvalue weighted by Crippen LogP contribution is -2.32. The summed E-state index contributed by atoms with van der Waals surface area (Å²) in [5, 5.41) is 2.78. The highest BCUT2D eigenvalue weighted by atomic mass is 32.2. The molecule has 0 aliphatic carbocycles. The van der Waals surface area contributed by atoms with Crippen molar-refractivity contribution in [2.45, 2.75) is 11.3 Å². The van der Waals surface area contributed by atoms with E-state index >= 15 is 0 Å². The average molecular weight is 375 g/mol. The normalized spacial score (nSPS) is 16.4. The van der Waals surface area contributed by atoms with Gasteiger partial charge in [-0.15, -0.1) is 0 Å². The van der Waals surface area contributed by atoms with E-state index in [0.29, 0.717) is 18.7 Å². The Morgan fingerprint density at radius 2 is 2.00 bits per heavy atom. The van der Waals surface area contributed by atoms with Crippen LogP contribution in [-0.4, -0.2) is 34.0 Å². The van der Waals surface area contributed by atoms with Gasteiger partial charge in [0.2, 0.25) is 15.9 Å². The molecule has 7 nitrogen and oxygen atoms in total. The lowest BCUT2D eigenvalue weighted by Gasteiger charge is -2.24. The summed E-state index contributed by atoms with van der Waals surface area (Å²) in [6.07, 6.45) is 0.581. The molecule has 1 amide bonds. The van der Waals surface area contributed by atoms with Gasteiger partial charge < -0.3 is 15.8 Å². The fourth-order valence-electron chi connectivity index (χ4n) is 2.76. The number of sulfonamides is 1. The first kappa shape index (κ1) is 18.4. The molecule has 1 unspecified atom stereocenters. The summed E-state index contributed by atoms with van der Waals surface area (Å²) >= 11 is 0. The van der Waals surface area contributed by atoms with Gasteiger partial charge in [0.25, 0.3) is 0 Å². The summed E-state index contributed by atoms with van der Waals surface area (Å²) in [5.74, 6) is 0.264. The Morgan fingerprint density at radius 3 is 2.81 bits per heavy atom. The Bertz CT molecular complexity index is 899. The number of carbonyl (C=O) groups excluding carboxylic acids is 1. The number of carbonyl (C=O) groups is 1. The number of rotatable bonds is 6. The van der Waals surface area contributed by atoms with Gasteiger partial charge in [0.1, 0.15) is 12.4 Å². The minimum Gasteiger partial charge on any atom is -0.492 e. The first-order chi connectivity index (χ1) is 12.5. The Labute approximate surface area is 152 Å². The molecule has 0 saturated heterocycles. The molecule has 0 bridgehead atoms. The van der Waals surface area contributed by atoms with E-state index in [2.05, 4.69) is 10.0 Å². The largest absolute Gasteiger partial charge is 0.492 e. The van der Waals surface area contributed by atoms with Crippen LogP contribution in [0.1, 0.15) is 5.56 Å². The second-order valence-corrected chi connectivity index (χ2v) is 7.79. The van der Waals surface area contributed by atoms with Gasteiger partial charge in [0.05, 0.1) is 10.8 Å². The third-order valence-corrected chi connectivity index (χ3v) is 5.56. The number of anilines is 1. The summed E-state index contributed by atoms with van der Waals surface area (Å²) in [6, 6.07) is 13.7. The monoisotopic (exact) mass is 375 g/mol. The van der Waals surface area contributed by atoms with Crippen LogP contribution in [0.15, 0.2) is 53.4 Å². The molecular formula is C18H21N3O4S. The number of fused-ring (bicyclic) bond motifs is 1. The number of nitrogens with one attached hydrogen (secondary N) is 2. The third kappa shape index (κ3) is 4.21. The van der Waals surface area contributed by atoms with Crippen LogP contribution < -0.4 is 20.5 Å². The van der Waals surface area contributed by atoms with Crippen molar-refractivity contribution in [3.63, 3.8) is 0 Å². The zero-order chi connectivity index (χ0) is 18.6. The molecule has 8 heteroatoms. The van der Waals surface area contributed by atoms with Crippen molar-refractivity contribution in [1.29, 1.82) is 0 Å². The van der Waals surface area contributed by atoms with Gasteiger partial charge in [-0.25, -0.2) is 13.1 Å². The van der Waals surface area contributed by atoms with Gasteiger partial charge in [-0.1, -0.05) is 24.3 Å². The standard InChI is InChI=1S/C18H21N3O4S/c19-8-9-20-26(23,24)16-6-3-5-15(11-16)21-18(22)14-10-13-4-1-2-7-17(13)25-12-14/h1-7,11,14,20H,8-10,12,19H2,(H,21,22). The number of amides is 1. The van der Waals surface area contributed by atoms with Crippen LogP contribution in [0.2, 0.25) is 0 Å². The van der Waals surface area contributed by atoms with Crippen LogP contribution in [0.3, 0.4) is 0 Å². The molecule has 0 spiro atoms. The molecule has 0 aromatic heterocycles. The highest BCUT2D eigenvalue weighted by Gasteiger charge is 2.26. The average Bonchev–Trinajstić information content (AvgIpc) is 2.66. The van der Waals surface area contributed by atoms with Crippen LogP contribution in [0.5, 0.6) is 5.75 Å². The van der Waals surface area contributed by atoms with Crippen LogP contribution in [0.4, 0.5) is 5.69 Å². The number of hydrogen-bond donors (Lipinski definition) is 3. The second-order valence-electron chi connectivity index (χ2n) is 6.02. The molecule has 1 aliphatic rings. The smallest absolute Gasteiger partial charge is 0.240 e. The summed E-state index contributed by atoms with van der Waals surface area (Å²) in [5.41, 5.74) is 6.74. The summed E-state index contributed by atoms with van der Waals surface area (Å²) in [6.45, 7) is 0.648. The van der Waals surface area contributed by atoms with E-state index in [-0.39, 0.29) is 29.8 Å². The van der Waals surface area contributed by atoms with Gasteiger partial charge in [0.15, 0.2) is 0 Å². The van der Waals surface area contributed by atoms with Crippen molar-refractivity contribution < 1.29 is 17.9 Å². The number of benzene rings is 2. The van der Waals surface area contributed by atoms with Crippen molar-refractivity contribution in [3.8, 4) is 5.75 Å². The van der Waals surface area contributed by atoms with Crippen molar-refractivity contribution in [2.75, 3.05) is 25.0 Å². The van der Waals surface area contributed by atoms with E-state index in [1.165, 1.54) is 12.1 Å². The molecule has 3 rings (SSSR count). The first-order valence-corrected chi connectivity index (χ1v) is 9.79. The maximum Gasteiger partial charge on any atom is 0.240 e. The summed E-state index contributed by atoms with van der Waals surface area (Å²) < 4.78 is 32.4. The quantitative estimate of drug-likeness (QED) is 0.701. The molecular weight excluding hydrogens is 354 g/mol. The van der Waals surface area contributed by atoms with E-state index in [1.54, 1.807) is 12.1 Å². The minimum atomic E-state index is -3.65. The lowest BCUT2D eigenvalue weighted by molar-refractivity contribution is -0.121. The predicted octanol–water partition coefficient (Wildman–Crippen LogP) is 1.11. The van der Waals surface area contributed by atoms with Gasteiger partial charge in [0, 0.05) is 18.8 Å². The molecule has 2 aromatic rings. The van der Waals surface area contributed by atoms with Gasteiger partial charge in [-0.3, -0.25) is 4.79 Å². The van der Waals surface area contributed by atoms with E-state index < -0.39 is 10.0 Å². The lowest BCUT2D eigenvalue weighted by atomic mass is 9.96. The van der Waals surface area contributed by atoms with Gasteiger partial charge >= 0.3 is 0 Å². The van der Waals surface area contributed by atoms with Crippen LogP contribution in [0.25, 0.3) is 0 Å². The maximum absolute atomic E-state index is 12.5. The molecule has 0 radical (unpaired) electrons. The van der Waals surface area contributed by atoms with Crippen LogP contribution >= 0.6 is 0 Å². The molecule has 2 aromatic carbocycles. The van der Waals surface area contributed by atoms with E-state index in [0.717, 1.165) is 11.3 Å². The molecule has 4 N–H and O–H groups in total. The number of ether oxygens (including phenoxy) is 1. The third-order valence-electron chi connectivity index (χ3n) is 4.10. The van der Waals surface area contributed by atoms with Crippen LogP contribution in [-0.2, 0) is 21.2 Å². The SMILES string of the molecule is NCCNS(=O)(=O)c1cccc(NC(=O)C2COc3ccccc3C2)c1. The van der Waals surface area contributed by atoms with Crippen molar-refractivity contribution in [2.24, 2.45) is 11.7 Å². The first-order valence-electron chi connectivity index (χ1n) is 8.31. The highest BCUT2D eigenvalue weighted by molar-refractivity contribution is 7.89. The predicted molar refractivity (Wildman–Crippen MR) is 98.4 cm³/mol. The zero-order valence-corrected chi connectivity index (χ0v) is 15.0. The zero-order valence-electron chi connectivity index (χ0n) is 14.1. The second kappa shape index (κ2) is 7.86. The molecule has 1 atom stereocenters. The Hall–Kier alpha value is -2.42. The fourth-order valence-corrected chi connectivity index (χ4v) is 3.85. The number of para-hydroxylation sites is 1. The van der Waals surface area contributed by atoms with Crippen molar-refractivity contribution in [3.05, 3.63) is 54.1 Å². The highest BCUT2D eigenvalue weighted by Crippen LogP contribution is 2.27. The Kier molecular flexibility index (Phi) is 5.55. The Morgan fingerprint density at radius 1 is 1.19 bits per heavy atom. The number of nitrogens with two attached hydrogens (primary N) is 1. The van der Waals surface area contributed by atoms with Crippen molar-refractivity contribution in [1.82, 2.24) is 4.72 Å². The summed E-state index contributed by atoms with van der Waals surface area (Å²) in [4.78, 5) is 12.6. The number of hydrogen-bond acceptors (Lipinski definition) is 5. The van der Waals surface area contributed by atoms with E-state index in [1.807, 2.05) is 24.3 Å².